The van der Waals surface area contributed by atoms with Crippen molar-refractivity contribution in [1.29, 1.82) is 0 Å². The number of carbonyl (C=O) groups is 2. The molecule has 2 heterocycles. The molecule has 2 rings (SSSR count). The number of urea groups is 1. The first-order chi connectivity index (χ1) is 10.0. The molecule has 0 spiro atoms. The predicted molar refractivity (Wildman–Crippen MR) is 78.1 cm³/mol. The first kappa shape index (κ1) is 16.1. The average Bonchev–Trinajstić information content (AvgIpc) is 2.87. The SMILES string of the molecule is CCCOC1CCCN(C(=O)N2C[C@@H](C)[C@H](C(=O)O)C2)C1. The Kier molecular flexibility index (Phi) is 5.45. The Balaban J connectivity index is 1.89. The van der Waals surface area contributed by atoms with Gasteiger partial charge >= 0.3 is 12.0 Å². The first-order valence-electron chi connectivity index (χ1n) is 7.91. The van der Waals surface area contributed by atoms with Gasteiger partial charge in [0.1, 0.15) is 0 Å². The minimum atomic E-state index is -0.805. The van der Waals surface area contributed by atoms with Crippen molar-refractivity contribution in [3.8, 4) is 0 Å². The van der Waals surface area contributed by atoms with E-state index in [9.17, 15) is 9.59 Å². The van der Waals surface area contributed by atoms with E-state index in [1.165, 1.54) is 0 Å². The number of piperidine rings is 1. The van der Waals surface area contributed by atoms with E-state index in [-0.39, 0.29) is 18.1 Å². The number of carboxylic acid groups (broad SMARTS) is 1. The molecular formula is C15H26N2O4. The molecule has 0 saturated carbocycles. The zero-order valence-corrected chi connectivity index (χ0v) is 13.0. The van der Waals surface area contributed by atoms with Crippen molar-refractivity contribution in [1.82, 2.24) is 9.80 Å². The van der Waals surface area contributed by atoms with Crippen LogP contribution in [0.25, 0.3) is 0 Å². The largest absolute Gasteiger partial charge is 0.481 e. The fourth-order valence-corrected chi connectivity index (χ4v) is 3.18. The molecule has 6 heteroatoms. The van der Waals surface area contributed by atoms with Crippen LogP contribution in [0.3, 0.4) is 0 Å². The topological polar surface area (TPSA) is 70.1 Å². The molecule has 3 atom stereocenters. The van der Waals surface area contributed by atoms with E-state index >= 15 is 0 Å². The number of hydrogen-bond donors (Lipinski definition) is 1. The molecule has 120 valence electrons. The monoisotopic (exact) mass is 298 g/mol. The molecular weight excluding hydrogens is 272 g/mol. The molecule has 2 saturated heterocycles. The molecule has 2 amide bonds. The number of carbonyl (C=O) groups excluding carboxylic acids is 1. The number of aliphatic carboxylic acids is 1. The van der Waals surface area contributed by atoms with Gasteiger partial charge in [-0.3, -0.25) is 4.79 Å². The second-order valence-corrected chi connectivity index (χ2v) is 6.19. The summed E-state index contributed by atoms with van der Waals surface area (Å²) in [5.41, 5.74) is 0. The van der Waals surface area contributed by atoms with E-state index in [4.69, 9.17) is 9.84 Å². The minimum absolute atomic E-state index is 0.0170. The van der Waals surface area contributed by atoms with Crippen LogP contribution in [0.15, 0.2) is 0 Å². The maximum Gasteiger partial charge on any atom is 0.320 e. The van der Waals surface area contributed by atoms with E-state index in [0.29, 0.717) is 19.6 Å². The minimum Gasteiger partial charge on any atom is -0.481 e. The molecule has 21 heavy (non-hydrogen) atoms. The summed E-state index contributed by atoms with van der Waals surface area (Å²) in [5, 5.41) is 9.16. The summed E-state index contributed by atoms with van der Waals surface area (Å²) in [5.74, 6) is -1.23. The molecule has 0 aromatic heterocycles. The number of nitrogens with zero attached hydrogens (tertiary/aromatic N) is 2. The van der Waals surface area contributed by atoms with Gasteiger partial charge in [0.15, 0.2) is 0 Å². The second kappa shape index (κ2) is 7.11. The van der Waals surface area contributed by atoms with Crippen LogP contribution in [0.2, 0.25) is 0 Å². The van der Waals surface area contributed by atoms with E-state index in [2.05, 4.69) is 6.92 Å². The molecule has 2 aliphatic heterocycles. The van der Waals surface area contributed by atoms with Crippen molar-refractivity contribution >= 4 is 12.0 Å². The van der Waals surface area contributed by atoms with Gasteiger partial charge in [-0.2, -0.15) is 0 Å². The lowest BCUT2D eigenvalue weighted by molar-refractivity contribution is -0.142. The molecule has 0 aromatic rings. The normalized spacial score (nSPS) is 29.7. The third-order valence-electron chi connectivity index (χ3n) is 4.41. The Hall–Kier alpha value is -1.30. The molecule has 1 N–H and O–H groups in total. The summed E-state index contributed by atoms with van der Waals surface area (Å²) in [6, 6.07) is -0.0320. The highest BCUT2D eigenvalue weighted by Gasteiger charge is 2.39. The Morgan fingerprint density at radius 1 is 1.24 bits per heavy atom. The van der Waals surface area contributed by atoms with Gasteiger partial charge in [-0.25, -0.2) is 4.79 Å². The lowest BCUT2D eigenvalue weighted by Crippen LogP contribution is -2.49. The van der Waals surface area contributed by atoms with Crippen LogP contribution in [0.5, 0.6) is 0 Å². The lowest BCUT2D eigenvalue weighted by atomic mass is 9.99. The van der Waals surface area contributed by atoms with Gasteiger partial charge in [-0.15, -0.1) is 0 Å². The van der Waals surface area contributed by atoms with Crippen LogP contribution in [0.4, 0.5) is 4.79 Å². The smallest absolute Gasteiger partial charge is 0.320 e. The molecule has 1 unspecified atom stereocenters. The molecule has 6 nitrogen and oxygen atoms in total. The fraction of sp³-hybridized carbons (Fsp3) is 0.867. The molecule has 2 aliphatic rings. The van der Waals surface area contributed by atoms with Crippen LogP contribution < -0.4 is 0 Å². The van der Waals surface area contributed by atoms with Crippen molar-refractivity contribution in [2.45, 2.75) is 39.2 Å². The molecule has 0 aromatic carbocycles. The summed E-state index contributed by atoms with van der Waals surface area (Å²) < 4.78 is 5.75. The summed E-state index contributed by atoms with van der Waals surface area (Å²) in [6.45, 7) is 6.93. The number of hydrogen-bond acceptors (Lipinski definition) is 3. The maximum atomic E-state index is 12.5. The van der Waals surface area contributed by atoms with Gasteiger partial charge in [0, 0.05) is 32.8 Å². The first-order valence-corrected chi connectivity index (χ1v) is 7.91. The van der Waals surface area contributed by atoms with E-state index in [0.717, 1.165) is 32.4 Å². The van der Waals surface area contributed by atoms with Gasteiger partial charge in [-0.1, -0.05) is 13.8 Å². The number of likely N-dealkylation sites (tertiary alicyclic amines) is 2. The maximum absolute atomic E-state index is 12.5. The Labute approximate surface area is 126 Å². The summed E-state index contributed by atoms with van der Waals surface area (Å²) >= 11 is 0. The van der Waals surface area contributed by atoms with E-state index in [1.54, 1.807) is 4.90 Å². The number of carboxylic acids is 1. The van der Waals surface area contributed by atoms with Crippen LogP contribution >= 0.6 is 0 Å². The van der Waals surface area contributed by atoms with Crippen molar-refractivity contribution < 1.29 is 19.4 Å². The van der Waals surface area contributed by atoms with Crippen molar-refractivity contribution in [2.24, 2.45) is 11.8 Å². The van der Waals surface area contributed by atoms with Crippen LogP contribution in [0, 0.1) is 11.8 Å². The highest BCUT2D eigenvalue weighted by molar-refractivity contribution is 5.78. The highest BCUT2D eigenvalue weighted by atomic mass is 16.5. The molecule has 0 bridgehead atoms. The molecule has 0 radical (unpaired) electrons. The predicted octanol–water partition coefficient (Wildman–Crippen LogP) is 1.65. The molecule has 2 fully saturated rings. The standard InChI is InChI=1S/C15H26N2O4/c1-3-7-21-12-5-4-6-16(9-12)15(20)17-8-11(2)13(10-17)14(18)19/h11-13H,3-10H2,1-2H3,(H,18,19)/t11-,12?,13-/m1/s1. The summed E-state index contributed by atoms with van der Waals surface area (Å²) in [7, 11) is 0. The van der Waals surface area contributed by atoms with Crippen molar-refractivity contribution in [3.05, 3.63) is 0 Å². The quantitative estimate of drug-likeness (QED) is 0.857. The Morgan fingerprint density at radius 3 is 2.62 bits per heavy atom. The Bertz CT molecular complexity index is 388. The number of amides is 2. The van der Waals surface area contributed by atoms with Gasteiger partial charge in [0.2, 0.25) is 0 Å². The second-order valence-electron chi connectivity index (χ2n) is 6.19. The van der Waals surface area contributed by atoms with Gasteiger partial charge in [-0.05, 0) is 25.2 Å². The fourth-order valence-electron chi connectivity index (χ4n) is 3.18. The summed E-state index contributed by atoms with van der Waals surface area (Å²) in [4.78, 5) is 27.2. The van der Waals surface area contributed by atoms with Crippen LogP contribution in [-0.2, 0) is 9.53 Å². The number of ether oxygens (including phenoxy) is 1. The van der Waals surface area contributed by atoms with E-state index < -0.39 is 11.9 Å². The van der Waals surface area contributed by atoms with Gasteiger partial charge in [0.25, 0.3) is 0 Å². The zero-order valence-electron chi connectivity index (χ0n) is 13.0. The summed E-state index contributed by atoms with van der Waals surface area (Å²) in [6.07, 6.45) is 3.05. The third-order valence-corrected chi connectivity index (χ3v) is 4.41. The Morgan fingerprint density at radius 2 is 2.00 bits per heavy atom. The van der Waals surface area contributed by atoms with Gasteiger partial charge in [0.05, 0.1) is 12.0 Å². The highest BCUT2D eigenvalue weighted by Crippen LogP contribution is 2.25. The van der Waals surface area contributed by atoms with Gasteiger partial charge < -0.3 is 19.6 Å². The zero-order chi connectivity index (χ0) is 15.4. The average molecular weight is 298 g/mol. The van der Waals surface area contributed by atoms with E-state index in [1.807, 2.05) is 11.8 Å². The third kappa shape index (κ3) is 3.87. The lowest BCUT2D eigenvalue weighted by Gasteiger charge is -2.35. The van der Waals surface area contributed by atoms with Crippen LogP contribution in [-0.4, -0.2) is 65.8 Å². The van der Waals surface area contributed by atoms with Crippen molar-refractivity contribution in [3.63, 3.8) is 0 Å². The number of rotatable bonds is 4. The van der Waals surface area contributed by atoms with Crippen LogP contribution in [0.1, 0.15) is 33.1 Å². The van der Waals surface area contributed by atoms with Crippen molar-refractivity contribution in [2.75, 3.05) is 32.8 Å². The molecule has 0 aliphatic carbocycles.